The minimum atomic E-state index is 0.356. The van der Waals surface area contributed by atoms with Crippen molar-refractivity contribution in [2.45, 2.75) is 40.0 Å². The van der Waals surface area contributed by atoms with Crippen molar-refractivity contribution in [3.05, 3.63) is 0 Å². The summed E-state index contributed by atoms with van der Waals surface area (Å²) in [4.78, 5) is 2.42. The third-order valence-electron chi connectivity index (χ3n) is 2.20. The SMILES string of the molecule is CC(C)C1OCCN1C(C)C. The highest BCUT2D eigenvalue weighted by Crippen LogP contribution is 2.19. The molecule has 0 aromatic rings. The van der Waals surface area contributed by atoms with Gasteiger partial charge < -0.3 is 4.74 Å². The molecular weight excluding hydrogens is 138 g/mol. The fourth-order valence-corrected chi connectivity index (χ4v) is 1.63. The molecule has 11 heavy (non-hydrogen) atoms. The zero-order valence-electron chi connectivity index (χ0n) is 8.00. The molecule has 1 heterocycles. The van der Waals surface area contributed by atoms with Gasteiger partial charge in [0.05, 0.1) is 6.61 Å². The topological polar surface area (TPSA) is 12.5 Å². The Kier molecular flexibility index (Phi) is 2.90. The van der Waals surface area contributed by atoms with Gasteiger partial charge in [-0.05, 0) is 19.8 Å². The molecule has 0 aromatic heterocycles. The summed E-state index contributed by atoms with van der Waals surface area (Å²) < 4.78 is 5.61. The van der Waals surface area contributed by atoms with Crippen LogP contribution in [0.15, 0.2) is 0 Å². The Morgan fingerprint density at radius 2 is 1.91 bits per heavy atom. The standard InChI is InChI=1S/C9H19NO/c1-7(2)9-10(8(3)4)5-6-11-9/h7-9H,5-6H2,1-4H3. The van der Waals surface area contributed by atoms with Crippen LogP contribution < -0.4 is 0 Å². The van der Waals surface area contributed by atoms with Crippen molar-refractivity contribution in [2.75, 3.05) is 13.2 Å². The molecule has 0 saturated carbocycles. The first-order valence-electron chi connectivity index (χ1n) is 4.50. The van der Waals surface area contributed by atoms with E-state index in [4.69, 9.17) is 4.74 Å². The molecule has 1 fully saturated rings. The quantitative estimate of drug-likeness (QED) is 0.605. The first kappa shape index (κ1) is 9.01. The van der Waals surface area contributed by atoms with E-state index >= 15 is 0 Å². The summed E-state index contributed by atoms with van der Waals surface area (Å²) >= 11 is 0. The molecular formula is C9H19NO. The van der Waals surface area contributed by atoms with Crippen molar-refractivity contribution in [2.24, 2.45) is 5.92 Å². The fraction of sp³-hybridized carbons (Fsp3) is 1.00. The number of ether oxygens (including phenoxy) is 1. The van der Waals surface area contributed by atoms with Gasteiger partial charge in [0, 0.05) is 12.6 Å². The molecule has 1 aliphatic rings. The zero-order chi connectivity index (χ0) is 8.43. The van der Waals surface area contributed by atoms with E-state index in [1.54, 1.807) is 0 Å². The minimum Gasteiger partial charge on any atom is -0.362 e. The Morgan fingerprint density at radius 1 is 1.27 bits per heavy atom. The second-order valence-corrected chi connectivity index (χ2v) is 3.84. The largest absolute Gasteiger partial charge is 0.362 e. The van der Waals surface area contributed by atoms with Gasteiger partial charge in [-0.15, -0.1) is 0 Å². The van der Waals surface area contributed by atoms with Gasteiger partial charge in [-0.25, -0.2) is 0 Å². The maximum Gasteiger partial charge on any atom is 0.113 e. The molecule has 0 aromatic carbocycles. The van der Waals surface area contributed by atoms with E-state index in [2.05, 4.69) is 32.6 Å². The lowest BCUT2D eigenvalue weighted by atomic mass is 10.1. The molecule has 0 bridgehead atoms. The zero-order valence-corrected chi connectivity index (χ0v) is 8.00. The van der Waals surface area contributed by atoms with Crippen LogP contribution in [0.2, 0.25) is 0 Å². The van der Waals surface area contributed by atoms with Crippen LogP contribution in [-0.2, 0) is 4.74 Å². The van der Waals surface area contributed by atoms with Crippen molar-refractivity contribution in [1.29, 1.82) is 0 Å². The van der Waals surface area contributed by atoms with E-state index in [1.807, 2.05) is 0 Å². The molecule has 2 heteroatoms. The average molecular weight is 157 g/mol. The maximum absolute atomic E-state index is 5.61. The summed E-state index contributed by atoms with van der Waals surface area (Å²) in [5.74, 6) is 0.611. The molecule has 0 spiro atoms. The van der Waals surface area contributed by atoms with Gasteiger partial charge in [0.2, 0.25) is 0 Å². The molecule has 1 rings (SSSR count). The van der Waals surface area contributed by atoms with E-state index in [-0.39, 0.29) is 0 Å². The first-order valence-corrected chi connectivity index (χ1v) is 4.50. The highest BCUT2D eigenvalue weighted by molar-refractivity contribution is 4.74. The molecule has 1 unspecified atom stereocenters. The van der Waals surface area contributed by atoms with Gasteiger partial charge in [0.15, 0.2) is 0 Å². The maximum atomic E-state index is 5.61. The molecule has 0 amide bonds. The van der Waals surface area contributed by atoms with Gasteiger partial charge in [-0.3, -0.25) is 4.90 Å². The lowest BCUT2D eigenvalue weighted by Crippen LogP contribution is -2.39. The van der Waals surface area contributed by atoms with Gasteiger partial charge in [-0.1, -0.05) is 13.8 Å². The molecule has 1 aliphatic heterocycles. The van der Waals surface area contributed by atoms with Crippen molar-refractivity contribution in [3.8, 4) is 0 Å². The minimum absolute atomic E-state index is 0.356. The number of rotatable bonds is 2. The lowest BCUT2D eigenvalue weighted by Gasteiger charge is -2.29. The summed E-state index contributed by atoms with van der Waals surface area (Å²) in [5, 5.41) is 0. The lowest BCUT2D eigenvalue weighted by molar-refractivity contribution is -0.0144. The Bertz CT molecular complexity index is 109. The third kappa shape index (κ3) is 1.94. The molecule has 0 radical (unpaired) electrons. The number of hydrogen-bond acceptors (Lipinski definition) is 2. The third-order valence-corrected chi connectivity index (χ3v) is 2.20. The second kappa shape index (κ2) is 3.55. The monoisotopic (exact) mass is 157 g/mol. The van der Waals surface area contributed by atoms with Gasteiger partial charge in [0.25, 0.3) is 0 Å². The van der Waals surface area contributed by atoms with E-state index < -0.39 is 0 Å². The van der Waals surface area contributed by atoms with E-state index in [0.29, 0.717) is 18.2 Å². The van der Waals surface area contributed by atoms with Gasteiger partial charge in [-0.2, -0.15) is 0 Å². The van der Waals surface area contributed by atoms with Crippen molar-refractivity contribution < 1.29 is 4.74 Å². The summed E-state index contributed by atoms with van der Waals surface area (Å²) in [6.45, 7) is 10.9. The van der Waals surface area contributed by atoms with Crippen molar-refractivity contribution in [3.63, 3.8) is 0 Å². The Morgan fingerprint density at radius 3 is 2.27 bits per heavy atom. The molecule has 66 valence electrons. The molecule has 0 aliphatic carbocycles. The smallest absolute Gasteiger partial charge is 0.113 e. The highest BCUT2D eigenvalue weighted by Gasteiger charge is 2.29. The summed E-state index contributed by atoms with van der Waals surface area (Å²) in [6, 6.07) is 0.616. The summed E-state index contributed by atoms with van der Waals surface area (Å²) in [7, 11) is 0. The number of nitrogens with zero attached hydrogens (tertiary/aromatic N) is 1. The summed E-state index contributed by atoms with van der Waals surface area (Å²) in [6.07, 6.45) is 0.356. The van der Waals surface area contributed by atoms with Crippen LogP contribution in [0.1, 0.15) is 27.7 Å². The average Bonchev–Trinajstić information content (AvgIpc) is 2.32. The molecule has 1 saturated heterocycles. The van der Waals surface area contributed by atoms with Crippen LogP contribution in [0.3, 0.4) is 0 Å². The van der Waals surface area contributed by atoms with E-state index in [9.17, 15) is 0 Å². The van der Waals surface area contributed by atoms with Crippen LogP contribution in [0.25, 0.3) is 0 Å². The summed E-state index contributed by atoms with van der Waals surface area (Å²) in [5.41, 5.74) is 0. The van der Waals surface area contributed by atoms with Crippen molar-refractivity contribution >= 4 is 0 Å². The molecule has 1 atom stereocenters. The highest BCUT2D eigenvalue weighted by atomic mass is 16.5. The van der Waals surface area contributed by atoms with Crippen LogP contribution >= 0.6 is 0 Å². The normalized spacial score (nSPS) is 27.3. The Labute approximate surface area is 69.5 Å². The Balaban J connectivity index is 2.51. The van der Waals surface area contributed by atoms with Crippen molar-refractivity contribution in [1.82, 2.24) is 4.90 Å². The molecule has 2 nitrogen and oxygen atoms in total. The van der Waals surface area contributed by atoms with Gasteiger partial charge >= 0.3 is 0 Å². The van der Waals surface area contributed by atoms with Gasteiger partial charge in [0.1, 0.15) is 6.23 Å². The fourth-order valence-electron chi connectivity index (χ4n) is 1.63. The second-order valence-electron chi connectivity index (χ2n) is 3.84. The van der Waals surface area contributed by atoms with E-state index in [0.717, 1.165) is 13.2 Å². The Hall–Kier alpha value is -0.0800. The van der Waals surface area contributed by atoms with Crippen LogP contribution in [-0.4, -0.2) is 30.3 Å². The first-order chi connectivity index (χ1) is 5.13. The van der Waals surface area contributed by atoms with E-state index in [1.165, 1.54) is 0 Å². The predicted octanol–water partition coefficient (Wildman–Crippen LogP) is 1.71. The molecule has 0 N–H and O–H groups in total. The van der Waals surface area contributed by atoms with Crippen LogP contribution in [0.5, 0.6) is 0 Å². The van der Waals surface area contributed by atoms with Crippen LogP contribution in [0, 0.1) is 5.92 Å². The predicted molar refractivity (Wildman–Crippen MR) is 46.4 cm³/mol. The van der Waals surface area contributed by atoms with Crippen LogP contribution in [0.4, 0.5) is 0 Å². The number of hydrogen-bond donors (Lipinski definition) is 0.